The molecule has 2 N–H and O–H groups in total. The minimum absolute atomic E-state index is 0.431. The first-order valence-corrected chi connectivity index (χ1v) is 4.10. The summed E-state index contributed by atoms with van der Waals surface area (Å²) in [4.78, 5) is 4.95. The van der Waals surface area contributed by atoms with Gasteiger partial charge in [0.05, 0.1) is 19.3 Å². The van der Waals surface area contributed by atoms with Crippen molar-refractivity contribution in [2.24, 2.45) is 5.73 Å². The molecule has 1 rings (SSSR count). The second kappa shape index (κ2) is 4.90. The van der Waals surface area contributed by atoms with Gasteiger partial charge >= 0.3 is 0 Å². The van der Waals surface area contributed by atoms with Gasteiger partial charge in [-0.2, -0.15) is 5.06 Å². The normalized spacial score (nSPS) is 11.1. The summed E-state index contributed by atoms with van der Waals surface area (Å²) in [6, 6.07) is 0. The molecular weight excluding hydrogens is 170 g/mol. The van der Waals surface area contributed by atoms with Gasteiger partial charge < -0.3 is 10.6 Å². The lowest BCUT2D eigenvalue weighted by Gasteiger charge is -2.12. The van der Waals surface area contributed by atoms with Crippen LogP contribution in [0.5, 0.6) is 0 Å². The summed E-state index contributed by atoms with van der Waals surface area (Å²) in [5.41, 5.74) is 6.20. The number of likely N-dealkylation sites (N-methyl/N-ethyl adjacent to an activating group) is 1. The predicted molar refractivity (Wildman–Crippen MR) is 47.6 cm³/mol. The van der Waals surface area contributed by atoms with E-state index >= 15 is 0 Å². The highest BCUT2D eigenvalue weighted by molar-refractivity contribution is 4.90. The molecule has 0 aliphatic heterocycles. The zero-order valence-electron chi connectivity index (χ0n) is 7.97. The fraction of sp³-hybridized carbons (Fsp3) is 0.714. The van der Waals surface area contributed by atoms with E-state index in [9.17, 15) is 0 Å². The van der Waals surface area contributed by atoms with Gasteiger partial charge in [0.2, 0.25) is 0 Å². The Morgan fingerprint density at radius 1 is 1.69 bits per heavy atom. The van der Waals surface area contributed by atoms with Crippen molar-refractivity contribution in [3.63, 3.8) is 0 Å². The number of hydroxylamine groups is 2. The molecule has 1 heterocycles. The van der Waals surface area contributed by atoms with Gasteiger partial charge in [-0.1, -0.05) is 5.21 Å². The number of rotatable bonds is 5. The van der Waals surface area contributed by atoms with Crippen LogP contribution in [0, 0.1) is 0 Å². The molecule has 1 aromatic heterocycles. The molecule has 1 aromatic rings. The molecule has 0 saturated carbocycles. The van der Waals surface area contributed by atoms with Crippen molar-refractivity contribution >= 4 is 0 Å². The van der Waals surface area contributed by atoms with Crippen LogP contribution in [0.15, 0.2) is 6.20 Å². The lowest BCUT2D eigenvalue weighted by Crippen LogP contribution is -2.22. The van der Waals surface area contributed by atoms with E-state index in [-0.39, 0.29) is 0 Å². The number of nitrogens with zero attached hydrogens (tertiary/aromatic N) is 4. The Morgan fingerprint density at radius 2 is 2.46 bits per heavy atom. The average Bonchev–Trinajstić information content (AvgIpc) is 2.61. The molecule has 0 unspecified atom stereocenters. The Labute approximate surface area is 77.2 Å². The molecule has 74 valence electrons. The van der Waals surface area contributed by atoms with Crippen LogP contribution in [-0.2, 0) is 17.9 Å². The highest BCUT2D eigenvalue weighted by Crippen LogP contribution is 1.91. The van der Waals surface area contributed by atoms with E-state index in [2.05, 4.69) is 10.3 Å². The summed E-state index contributed by atoms with van der Waals surface area (Å²) >= 11 is 0. The average molecular weight is 185 g/mol. The maximum absolute atomic E-state index is 5.39. The number of hydrogen-bond acceptors (Lipinski definition) is 5. The largest absolute Gasteiger partial charge is 0.325 e. The van der Waals surface area contributed by atoms with E-state index in [0.717, 1.165) is 18.8 Å². The van der Waals surface area contributed by atoms with Crippen molar-refractivity contribution in [2.75, 3.05) is 20.7 Å². The van der Waals surface area contributed by atoms with Crippen LogP contribution in [0.4, 0.5) is 0 Å². The summed E-state index contributed by atoms with van der Waals surface area (Å²) in [7, 11) is 3.49. The zero-order valence-corrected chi connectivity index (χ0v) is 7.97. The first-order chi connectivity index (χ1) is 6.26. The van der Waals surface area contributed by atoms with Crippen LogP contribution < -0.4 is 5.73 Å². The van der Waals surface area contributed by atoms with Crippen LogP contribution in [0.2, 0.25) is 0 Å². The van der Waals surface area contributed by atoms with E-state index < -0.39 is 0 Å². The molecule has 0 spiro atoms. The minimum Gasteiger partial charge on any atom is -0.325 e. The third-order valence-corrected chi connectivity index (χ3v) is 1.75. The fourth-order valence-electron chi connectivity index (χ4n) is 0.876. The van der Waals surface area contributed by atoms with Crippen LogP contribution in [0.25, 0.3) is 0 Å². The first kappa shape index (κ1) is 10.1. The van der Waals surface area contributed by atoms with Crippen LogP contribution in [0.3, 0.4) is 0 Å². The summed E-state index contributed by atoms with van der Waals surface area (Å²) < 4.78 is 1.75. The fourth-order valence-corrected chi connectivity index (χ4v) is 0.876. The smallest absolute Gasteiger partial charge is 0.0962 e. The topological polar surface area (TPSA) is 69.2 Å². The predicted octanol–water partition coefficient (Wildman–Crippen LogP) is -0.770. The standard InChI is InChI=1S/C7H15N5O/c1-11(13-2)3-4-12-6-7(5-8)9-10-12/h6H,3-5,8H2,1-2H3. The molecule has 0 aliphatic carbocycles. The quantitative estimate of drug-likeness (QED) is 0.610. The van der Waals surface area contributed by atoms with Crippen LogP contribution >= 0.6 is 0 Å². The Bertz CT molecular complexity index is 249. The van der Waals surface area contributed by atoms with Gasteiger partial charge in [0.1, 0.15) is 0 Å². The number of nitrogens with two attached hydrogens (primary N) is 1. The molecule has 0 aliphatic rings. The summed E-state index contributed by atoms with van der Waals surface area (Å²) in [5.74, 6) is 0. The lowest BCUT2D eigenvalue weighted by molar-refractivity contribution is -0.111. The molecule has 6 nitrogen and oxygen atoms in total. The monoisotopic (exact) mass is 185 g/mol. The third kappa shape index (κ3) is 3.10. The van der Waals surface area contributed by atoms with Crippen molar-refractivity contribution in [1.82, 2.24) is 20.1 Å². The van der Waals surface area contributed by atoms with Crippen molar-refractivity contribution in [3.05, 3.63) is 11.9 Å². The van der Waals surface area contributed by atoms with Crippen molar-refractivity contribution in [2.45, 2.75) is 13.1 Å². The summed E-state index contributed by atoms with van der Waals surface area (Å²) in [6.07, 6.45) is 1.84. The molecule has 0 atom stereocenters. The van der Waals surface area contributed by atoms with Gasteiger partial charge in [0.15, 0.2) is 0 Å². The maximum Gasteiger partial charge on any atom is 0.0962 e. The molecule has 0 saturated heterocycles. The molecule has 0 radical (unpaired) electrons. The maximum atomic E-state index is 5.39. The van der Waals surface area contributed by atoms with E-state index in [1.807, 2.05) is 13.2 Å². The third-order valence-electron chi connectivity index (χ3n) is 1.75. The Balaban J connectivity index is 2.36. The van der Waals surface area contributed by atoms with Crippen LogP contribution in [-0.4, -0.2) is 40.8 Å². The second-order valence-electron chi connectivity index (χ2n) is 2.71. The van der Waals surface area contributed by atoms with Gasteiger partial charge in [-0.05, 0) is 0 Å². The van der Waals surface area contributed by atoms with Gasteiger partial charge in [-0.25, -0.2) is 0 Å². The number of aromatic nitrogens is 3. The molecule has 13 heavy (non-hydrogen) atoms. The number of hydrogen-bond donors (Lipinski definition) is 1. The Morgan fingerprint density at radius 3 is 3.00 bits per heavy atom. The van der Waals surface area contributed by atoms with Crippen molar-refractivity contribution in [3.8, 4) is 0 Å². The molecule has 0 aromatic carbocycles. The molecule has 6 heteroatoms. The van der Waals surface area contributed by atoms with E-state index in [1.54, 1.807) is 16.9 Å². The van der Waals surface area contributed by atoms with E-state index in [0.29, 0.717) is 6.54 Å². The summed E-state index contributed by atoms with van der Waals surface area (Å²) in [6.45, 7) is 1.95. The summed E-state index contributed by atoms with van der Waals surface area (Å²) in [5, 5.41) is 9.49. The molecule has 0 fully saturated rings. The van der Waals surface area contributed by atoms with Crippen LogP contribution in [0.1, 0.15) is 5.69 Å². The van der Waals surface area contributed by atoms with Crippen molar-refractivity contribution < 1.29 is 4.84 Å². The highest BCUT2D eigenvalue weighted by Gasteiger charge is 1.99. The van der Waals surface area contributed by atoms with Gasteiger partial charge in [0.25, 0.3) is 0 Å². The molecular formula is C7H15N5O. The van der Waals surface area contributed by atoms with Gasteiger partial charge in [-0.3, -0.25) is 4.68 Å². The highest BCUT2D eigenvalue weighted by atomic mass is 16.7. The molecule has 0 bridgehead atoms. The zero-order chi connectivity index (χ0) is 9.68. The second-order valence-corrected chi connectivity index (χ2v) is 2.71. The lowest BCUT2D eigenvalue weighted by atomic mass is 10.5. The van der Waals surface area contributed by atoms with Crippen molar-refractivity contribution in [1.29, 1.82) is 0 Å². The Kier molecular flexibility index (Phi) is 3.81. The first-order valence-electron chi connectivity index (χ1n) is 4.10. The SMILES string of the molecule is CON(C)CCn1cc(CN)nn1. The minimum atomic E-state index is 0.431. The van der Waals surface area contributed by atoms with E-state index in [1.165, 1.54) is 0 Å². The van der Waals surface area contributed by atoms with Gasteiger partial charge in [0, 0.05) is 26.3 Å². The van der Waals surface area contributed by atoms with E-state index in [4.69, 9.17) is 10.6 Å². The Hall–Kier alpha value is -0.980. The van der Waals surface area contributed by atoms with Gasteiger partial charge in [-0.15, -0.1) is 5.10 Å². The molecule has 0 amide bonds.